The predicted octanol–water partition coefficient (Wildman–Crippen LogP) is 3.24. The Bertz CT molecular complexity index is 492. The van der Waals surface area contributed by atoms with E-state index in [1.165, 1.54) is 0 Å². The second-order valence-electron chi connectivity index (χ2n) is 4.18. The number of aromatic nitrogens is 2. The fourth-order valence-electron chi connectivity index (χ4n) is 1.59. The van der Waals surface area contributed by atoms with Crippen LogP contribution in [0.15, 0.2) is 36.5 Å². The number of benzene rings is 1. The summed E-state index contributed by atoms with van der Waals surface area (Å²) in [5.74, 6) is 1.67. The van der Waals surface area contributed by atoms with Gasteiger partial charge in [-0.3, -0.25) is 0 Å². The van der Waals surface area contributed by atoms with Gasteiger partial charge in [0.2, 0.25) is 0 Å². The summed E-state index contributed by atoms with van der Waals surface area (Å²) >= 11 is 0. The zero-order chi connectivity index (χ0) is 12.3. The van der Waals surface area contributed by atoms with E-state index >= 15 is 0 Å². The molecule has 0 unspecified atom stereocenters. The van der Waals surface area contributed by atoms with E-state index in [9.17, 15) is 0 Å². The van der Waals surface area contributed by atoms with Gasteiger partial charge < -0.3 is 4.74 Å². The van der Waals surface area contributed by atoms with Crippen molar-refractivity contribution < 1.29 is 4.74 Å². The Morgan fingerprint density at radius 3 is 2.35 bits per heavy atom. The van der Waals surface area contributed by atoms with Crippen LogP contribution in [0.25, 0.3) is 11.3 Å². The molecule has 1 heterocycles. The highest BCUT2D eigenvalue weighted by Crippen LogP contribution is 2.21. The van der Waals surface area contributed by atoms with E-state index in [1.54, 1.807) is 6.20 Å². The lowest BCUT2D eigenvalue weighted by Crippen LogP contribution is -2.05. The molecule has 1 aromatic heterocycles. The number of hydrogen-bond acceptors (Lipinski definition) is 3. The predicted molar refractivity (Wildman–Crippen MR) is 68.0 cm³/mol. The molecule has 0 amide bonds. The monoisotopic (exact) mass is 228 g/mol. The molecule has 0 fully saturated rings. The molecule has 2 rings (SSSR count). The fraction of sp³-hybridized carbons (Fsp3) is 0.286. The SMILES string of the molecule is Cc1nccc(-c2ccc(OC(C)C)cc2)n1. The third-order valence-electron chi connectivity index (χ3n) is 2.30. The Morgan fingerprint density at radius 2 is 1.76 bits per heavy atom. The van der Waals surface area contributed by atoms with Crippen LogP contribution < -0.4 is 4.74 Å². The Morgan fingerprint density at radius 1 is 1.06 bits per heavy atom. The molecule has 0 radical (unpaired) electrons. The van der Waals surface area contributed by atoms with Gasteiger partial charge in [-0.2, -0.15) is 0 Å². The third-order valence-corrected chi connectivity index (χ3v) is 2.30. The molecule has 0 saturated heterocycles. The molecule has 0 spiro atoms. The number of rotatable bonds is 3. The first kappa shape index (κ1) is 11.6. The summed E-state index contributed by atoms with van der Waals surface area (Å²) in [5.41, 5.74) is 2.01. The molecular weight excluding hydrogens is 212 g/mol. The minimum absolute atomic E-state index is 0.196. The minimum Gasteiger partial charge on any atom is -0.491 e. The van der Waals surface area contributed by atoms with Gasteiger partial charge in [0, 0.05) is 11.8 Å². The topological polar surface area (TPSA) is 35.0 Å². The lowest BCUT2D eigenvalue weighted by Gasteiger charge is -2.09. The molecule has 0 N–H and O–H groups in total. The van der Waals surface area contributed by atoms with E-state index < -0.39 is 0 Å². The van der Waals surface area contributed by atoms with Crippen molar-refractivity contribution in [2.45, 2.75) is 26.9 Å². The van der Waals surface area contributed by atoms with E-state index in [4.69, 9.17) is 4.74 Å². The number of nitrogens with zero attached hydrogens (tertiary/aromatic N) is 2. The largest absolute Gasteiger partial charge is 0.491 e. The first-order chi connectivity index (χ1) is 8.15. The second-order valence-corrected chi connectivity index (χ2v) is 4.18. The first-order valence-electron chi connectivity index (χ1n) is 5.72. The maximum atomic E-state index is 5.60. The smallest absolute Gasteiger partial charge is 0.125 e. The van der Waals surface area contributed by atoms with Gasteiger partial charge in [-0.1, -0.05) is 0 Å². The lowest BCUT2D eigenvalue weighted by atomic mass is 10.1. The molecule has 0 saturated carbocycles. The van der Waals surface area contributed by atoms with E-state index in [0.717, 1.165) is 22.8 Å². The molecule has 0 bridgehead atoms. The summed E-state index contributed by atoms with van der Waals surface area (Å²) < 4.78 is 5.60. The van der Waals surface area contributed by atoms with Crippen molar-refractivity contribution in [1.82, 2.24) is 9.97 Å². The molecule has 17 heavy (non-hydrogen) atoms. The third kappa shape index (κ3) is 3.03. The van der Waals surface area contributed by atoms with Gasteiger partial charge in [-0.15, -0.1) is 0 Å². The van der Waals surface area contributed by atoms with Crippen molar-refractivity contribution in [2.75, 3.05) is 0 Å². The van der Waals surface area contributed by atoms with Gasteiger partial charge >= 0.3 is 0 Å². The van der Waals surface area contributed by atoms with Gasteiger partial charge in [-0.25, -0.2) is 9.97 Å². The molecule has 0 atom stereocenters. The zero-order valence-corrected chi connectivity index (χ0v) is 10.3. The van der Waals surface area contributed by atoms with Crippen LogP contribution in [0.3, 0.4) is 0 Å². The molecule has 3 nitrogen and oxygen atoms in total. The summed E-state index contributed by atoms with van der Waals surface area (Å²) in [7, 11) is 0. The Kier molecular flexibility index (Phi) is 3.38. The fourth-order valence-corrected chi connectivity index (χ4v) is 1.59. The van der Waals surface area contributed by atoms with Crippen LogP contribution in [-0.4, -0.2) is 16.1 Å². The molecule has 1 aromatic carbocycles. The van der Waals surface area contributed by atoms with Crippen LogP contribution in [0.1, 0.15) is 19.7 Å². The molecule has 3 heteroatoms. The van der Waals surface area contributed by atoms with Crippen molar-refractivity contribution in [3.05, 3.63) is 42.4 Å². The molecule has 0 aliphatic carbocycles. The highest BCUT2D eigenvalue weighted by atomic mass is 16.5. The summed E-state index contributed by atoms with van der Waals surface area (Å²) in [6.45, 7) is 5.92. The Hall–Kier alpha value is -1.90. The Labute approximate surface area is 102 Å². The van der Waals surface area contributed by atoms with Crippen LogP contribution >= 0.6 is 0 Å². The standard InChI is InChI=1S/C14H16N2O/c1-10(2)17-13-6-4-12(5-7-13)14-8-9-15-11(3)16-14/h4-10H,1-3H3. The van der Waals surface area contributed by atoms with Crippen molar-refractivity contribution in [3.8, 4) is 17.0 Å². The van der Waals surface area contributed by atoms with E-state index in [2.05, 4.69) is 9.97 Å². The highest BCUT2D eigenvalue weighted by molar-refractivity contribution is 5.59. The number of ether oxygens (including phenoxy) is 1. The van der Waals surface area contributed by atoms with Crippen LogP contribution in [0.4, 0.5) is 0 Å². The summed E-state index contributed by atoms with van der Waals surface area (Å²) in [6.07, 6.45) is 1.97. The summed E-state index contributed by atoms with van der Waals surface area (Å²) in [6, 6.07) is 9.86. The summed E-state index contributed by atoms with van der Waals surface area (Å²) in [4.78, 5) is 8.47. The quantitative estimate of drug-likeness (QED) is 0.809. The second kappa shape index (κ2) is 4.95. The van der Waals surface area contributed by atoms with Crippen molar-refractivity contribution in [1.29, 1.82) is 0 Å². The van der Waals surface area contributed by atoms with E-state index in [0.29, 0.717) is 0 Å². The normalized spacial score (nSPS) is 10.6. The average Bonchev–Trinajstić information content (AvgIpc) is 2.29. The maximum Gasteiger partial charge on any atom is 0.125 e. The maximum absolute atomic E-state index is 5.60. The number of hydrogen-bond donors (Lipinski definition) is 0. The molecule has 88 valence electrons. The van der Waals surface area contributed by atoms with Crippen molar-refractivity contribution in [3.63, 3.8) is 0 Å². The lowest BCUT2D eigenvalue weighted by molar-refractivity contribution is 0.242. The molecule has 0 aliphatic rings. The van der Waals surface area contributed by atoms with Crippen LogP contribution in [0.5, 0.6) is 5.75 Å². The molecule has 0 aliphatic heterocycles. The van der Waals surface area contributed by atoms with Crippen molar-refractivity contribution in [2.24, 2.45) is 0 Å². The van der Waals surface area contributed by atoms with E-state index in [-0.39, 0.29) is 6.10 Å². The minimum atomic E-state index is 0.196. The van der Waals surface area contributed by atoms with Gasteiger partial charge in [-0.05, 0) is 51.1 Å². The van der Waals surface area contributed by atoms with Crippen LogP contribution in [0, 0.1) is 6.92 Å². The van der Waals surface area contributed by atoms with Crippen molar-refractivity contribution >= 4 is 0 Å². The van der Waals surface area contributed by atoms with Gasteiger partial charge in [0.15, 0.2) is 0 Å². The van der Waals surface area contributed by atoms with E-state index in [1.807, 2.05) is 51.1 Å². The average molecular weight is 228 g/mol. The molecular formula is C14H16N2O. The van der Waals surface area contributed by atoms with Gasteiger partial charge in [0.05, 0.1) is 11.8 Å². The Balaban J connectivity index is 2.23. The molecule has 2 aromatic rings. The van der Waals surface area contributed by atoms with Gasteiger partial charge in [0.25, 0.3) is 0 Å². The van der Waals surface area contributed by atoms with Crippen LogP contribution in [-0.2, 0) is 0 Å². The first-order valence-corrected chi connectivity index (χ1v) is 5.72. The highest BCUT2D eigenvalue weighted by Gasteiger charge is 2.01. The summed E-state index contributed by atoms with van der Waals surface area (Å²) in [5, 5.41) is 0. The van der Waals surface area contributed by atoms with Gasteiger partial charge in [0.1, 0.15) is 11.6 Å². The number of aryl methyl sites for hydroxylation is 1. The van der Waals surface area contributed by atoms with Crippen LogP contribution in [0.2, 0.25) is 0 Å². The zero-order valence-electron chi connectivity index (χ0n) is 10.3.